The quantitative estimate of drug-likeness (QED) is 0.874. The number of amidine groups is 1. The lowest BCUT2D eigenvalue weighted by atomic mass is 10.0. The molecule has 118 valence electrons. The highest BCUT2D eigenvalue weighted by atomic mass is 15.3. The first-order chi connectivity index (χ1) is 10.9. The van der Waals surface area contributed by atoms with E-state index in [4.69, 9.17) is 4.99 Å². The Kier molecular flexibility index (Phi) is 3.77. The first kappa shape index (κ1) is 15.4. The maximum Gasteiger partial charge on any atom is 0.147 e. The van der Waals surface area contributed by atoms with Gasteiger partial charge in [0, 0.05) is 12.6 Å². The van der Waals surface area contributed by atoms with E-state index in [9.17, 15) is 5.26 Å². The van der Waals surface area contributed by atoms with Crippen molar-refractivity contribution in [3.63, 3.8) is 0 Å². The van der Waals surface area contributed by atoms with Crippen molar-refractivity contribution < 1.29 is 0 Å². The predicted octanol–water partition coefficient (Wildman–Crippen LogP) is 3.14. The summed E-state index contributed by atoms with van der Waals surface area (Å²) in [6, 6.07) is 10.4. The fourth-order valence-corrected chi connectivity index (χ4v) is 2.95. The van der Waals surface area contributed by atoms with E-state index in [0.29, 0.717) is 11.7 Å². The number of fused-ring (bicyclic) bond motifs is 1. The number of aliphatic imine (C=N–C) groups is 1. The van der Waals surface area contributed by atoms with E-state index in [1.54, 1.807) is 6.20 Å². The van der Waals surface area contributed by atoms with E-state index in [0.717, 1.165) is 23.4 Å². The third-order valence-electron chi connectivity index (χ3n) is 4.04. The Morgan fingerprint density at radius 3 is 2.57 bits per heavy atom. The second-order valence-electron chi connectivity index (χ2n) is 6.85. The average Bonchev–Trinajstić information content (AvgIpc) is 2.84. The molecule has 2 heterocycles. The van der Waals surface area contributed by atoms with Gasteiger partial charge in [-0.25, -0.2) is 4.98 Å². The molecule has 0 saturated carbocycles. The van der Waals surface area contributed by atoms with Gasteiger partial charge in [0.05, 0.1) is 34.5 Å². The Bertz CT molecular complexity index is 800. The maximum atomic E-state index is 9.76. The molecule has 0 aliphatic carbocycles. The first-order valence-electron chi connectivity index (χ1n) is 7.89. The lowest BCUT2D eigenvalue weighted by molar-refractivity contribution is 0.320. The number of hydrogen-bond donors (Lipinski definition) is 0. The van der Waals surface area contributed by atoms with Crippen LogP contribution in [0.15, 0.2) is 35.5 Å². The van der Waals surface area contributed by atoms with E-state index < -0.39 is 5.92 Å². The van der Waals surface area contributed by atoms with Gasteiger partial charge in [-0.1, -0.05) is 12.1 Å². The molecule has 0 spiro atoms. The van der Waals surface area contributed by atoms with Crippen molar-refractivity contribution in [1.82, 2.24) is 14.9 Å². The van der Waals surface area contributed by atoms with Gasteiger partial charge >= 0.3 is 0 Å². The molecule has 23 heavy (non-hydrogen) atoms. The minimum Gasteiger partial charge on any atom is -0.354 e. The van der Waals surface area contributed by atoms with Gasteiger partial charge in [-0.15, -0.1) is 0 Å². The summed E-state index contributed by atoms with van der Waals surface area (Å²) in [7, 11) is 0. The molecule has 0 bridgehead atoms. The average molecular weight is 307 g/mol. The zero-order chi connectivity index (χ0) is 16.6. The van der Waals surface area contributed by atoms with Crippen molar-refractivity contribution in [2.75, 3.05) is 6.54 Å². The molecule has 0 amide bonds. The number of benzene rings is 1. The molecule has 3 rings (SSSR count). The minimum atomic E-state index is -0.490. The fraction of sp³-hybridized carbons (Fsp3) is 0.444. The molecule has 2 aromatic rings. The molecule has 1 aliphatic rings. The summed E-state index contributed by atoms with van der Waals surface area (Å²) in [6.07, 6.45) is 1.70. The van der Waals surface area contributed by atoms with Crippen molar-refractivity contribution >= 4 is 16.9 Å². The highest BCUT2D eigenvalue weighted by Gasteiger charge is 2.37. The normalized spacial score (nSPS) is 18.1. The predicted molar refractivity (Wildman–Crippen MR) is 91.2 cm³/mol. The highest BCUT2D eigenvalue weighted by molar-refractivity contribution is 5.93. The van der Waals surface area contributed by atoms with Crippen molar-refractivity contribution in [2.24, 2.45) is 4.99 Å². The summed E-state index contributed by atoms with van der Waals surface area (Å²) in [5.41, 5.74) is 2.12. The molecular weight excluding hydrogens is 286 g/mol. The summed E-state index contributed by atoms with van der Waals surface area (Å²) in [5, 5.41) is 9.76. The Hall–Kier alpha value is -2.48. The molecule has 1 aliphatic heterocycles. The molecule has 1 atom stereocenters. The van der Waals surface area contributed by atoms with Crippen LogP contribution in [0.25, 0.3) is 11.0 Å². The maximum absolute atomic E-state index is 9.76. The van der Waals surface area contributed by atoms with E-state index in [1.165, 1.54) is 0 Å². The van der Waals surface area contributed by atoms with Crippen LogP contribution in [0.5, 0.6) is 0 Å². The van der Waals surface area contributed by atoms with E-state index in [2.05, 4.69) is 48.6 Å². The summed E-state index contributed by atoms with van der Waals surface area (Å²) < 4.78 is 0. The van der Waals surface area contributed by atoms with Crippen LogP contribution in [0.3, 0.4) is 0 Å². The van der Waals surface area contributed by atoms with Crippen LogP contribution in [0.4, 0.5) is 0 Å². The van der Waals surface area contributed by atoms with Crippen LogP contribution in [0.1, 0.15) is 39.3 Å². The van der Waals surface area contributed by atoms with Crippen LogP contribution in [-0.4, -0.2) is 38.8 Å². The van der Waals surface area contributed by atoms with Gasteiger partial charge in [-0.2, -0.15) is 5.26 Å². The molecule has 0 fully saturated rings. The Labute approximate surface area is 136 Å². The summed E-state index contributed by atoms with van der Waals surface area (Å²) >= 11 is 0. The number of para-hydroxylation sites is 2. The van der Waals surface area contributed by atoms with E-state index in [-0.39, 0.29) is 5.54 Å². The van der Waals surface area contributed by atoms with Gasteiger partial charge in [0.15, 0.2) is 0 Å². The Balaban J connectivity index is 2.05. The van der Waals surface area contributed by atoms with Crippen LogP contribution in [0.2, 0.25) is 0 Å². The van der Waals surface area contributed by atoms with Gasteiger partial charge < -0.3 is 4.90 Å². The fourth-order valence-electron chi connectivity index (χ4n) is 2.95. The van der Waals surface area contributed by atoms with Gasteiger partial charge in [0.1, 0.15) is 11.8 Å². The van der Waals surface area contributed by atoms with Crippen molar-refractivity contribution in [2.45, 2.75) is 45.2 Å². The third-order valence-corrected chi connectivity index (χ3v) is 4.04. The molecule has 0 N–H and O–H groups in total. The lowest BCUT2D eigenvalue weighted by Gasteiger charge is -2.28. The smallest absolute Gasteiger partial charge is 0.147 e. The second kappa shape index (κ2) is 5.62. The lowest BCUT2D eigenvalue weighted by Crippen LogP contribution is -2.39. The molecule has 0 saturated heterocycles. The molecule has 5 heteroatoms. The van der Waals surface area contributed by atoms with Crippen LogP contribution < -0.4 is 0 Å². The molecule has 1 aromatic carbocycles. The van der Waals surface area contributed by atoms with Gasteiger partial charge in [-0.05, 0) is 39.8 Å². The van der Waals surface area contributed by atoms with Crippen molar-refractivity contribution in [1.29, 1.82) is 5.26 Å². The summed E-state index contributed by atoms with van der Waals surface area (Å²) in [6.45, 7) is 9.25. The number of hydrogen-bond acceptors (Lipinski definition) is 5. The van der Waals surface area contributed by atoms with Crippen molar-refractivity contribution in [3.05, 3.63) is 36.2 Å². The second-order valence-corrected chi connectivity index (χ2v) is 6.85. The van der Waals surface area contributed by atoms with E-state index >= 15 is 0 Å². The summed E-state index contributed by atoms with van der Waals surface area (Å²) in [4.78, 5) is 16.1. The standard InChI is InChI=1S/C18H21N5/c1-12(2)23-11-18(3,4)22-17(23)13(9-19)16-10-20-14-7-5-6-8-15(14)21-16/h5-8,10,12-13H,11H2,1-4H3. The van der Waals surface area contributed by atoms with Crippen LogP contribution in [-0.2, 0) is 0 Å². The highest BCUT2D eigenvalue weighted by Crippen LogP contribution is 2.29. The van der Waals surface area contributed by atoms with Gasteiger partial charge in [0.2, 0.25) is 0 Å². The SMILES string of the molecule is CC(C)N1CC(C)(C)N=C1C(C#N)c1cnc2ccccc2n1. The van der Waals surface area contributed by atoms with Crippen molar-refractivity contribution in [3.8, 4) is 6.07 Å². The third kappa shape index (κ3) is 2.89. The largest absolute Gasteiger partial charge is 0.354 e. The minimum absolute atomic E-state index is 0.182. The summed E-state index contributed by atoms with van der Waals surface area (Å²) in [5.74, 6) is 0.313. The van der Waals surface area contributed by atoms with Gasteiger partial charge in [-0.3, -0.25) is 9.98 Å². The monoisotopic (exact) mass is 307 g/mol. The first-order valence-corrected chi connectivity index (χ1v) is 7.89. The Morgan fingerprint density at radius 2 is 1.91 bits per heavy atom. The molecule has 0 radical (unpaired) electrons. The number of aromatic nitrogens is 2. The van der Waals surface area contributed by atoms with Crippen LogP contribution >= 0.6 is 0 Å². The zero-order valence-electron chi connectivity index (χ0n) is 14.0. The van der Waals surface area contributed by atoms with Crippen LogP contribution in [0, 0.1) is 11.3 Å². The topological polar surface area (TPSA) is 65.2 Å². The number of nitriles is 1. The zero-order valence-corrected chi connectivity index (χ0v) is 14.0. The number of rotatable bonds is 3. The van der Waals surface area contributed by atoms with Gasteiger partial charge in [0.25, 0.3) is 0 Å². The molecule has 1 unspecified atom stereocenters. The molecule has 1 aromatic heterocycles. The number of nitrogens with zero attached hydrogens (tertiary/aromatic N) is 5. The Morgan fingerprint density at radius 1 is 1.22 bits per heavy atom. The van der Waals surface area contributed by atoms with E-state index in [1.807, 2.05) is 24.3 Å². The molecular formula is C18H21N5. The molecule has 5 nitrogen and oxygen atoms in total.